The predicted molar refractivity (Wildman–Crippen MR) is 218 cm³/mol. The number of rotatable bonds is 8. The molecule has 0 bridgehead atoms. The van der Waals surface area contributed by atoms with Gasteiger partial charge in [-0.2, -0.15) is 26.3 Å². The van der Waals surface area contributed by atoms with E-state index in [1.165, 1.54) is 31.5 Å². The van der Waals surface area contributed by atoms with Gasteiger partial charge >= 0.3 is 24.5 Å². The lowest BCUT2D eigenvalue weighted by Gasteiger charge is -2.33. The summed E-state index contributed by atoms with van der Waals surface area (Å²) in [5, 5.41) is 10.5. The van der Waals surface area contributed by atoms with Crippen LogP contribution in [0.1, 0.15) is 99.8 Å². The highest BCUT2D eigenvalue weighted by Crippen LogP contribution is 2.39. The van der Waals surface area contributed by atoms with E-state index >= 15 is 0 Å². The number of carbonyl (C=O) groups excluding carboxylic acids is 3. The van der Waals surface area contributed by atoms with Gasteiger partial charge in [0.25, 0.3) is 0 Å². The number of Topliss-reactive ketones (excluding diaryl/α,β-unsaturated/α-hetero) is 1. The summed E-state index contributed by atoms with van der Waals surface area (Å²) in [5.74, 6) is 0.347. The average molecular weight is 905 g/mol. The van der Waals surface area contributed by atoms with Crippen molar-refractivity contribution in [3.05, 3.63) is 45.4 Å². The van der Waals surface area contributed by atoms with Crippen LogP contribution in [0.5, 0.6) is 11.5 Å². The Balaban J connectivity index is 0.000000231. The van der Waals surface area contributed by atoms with Crippen molar-refractivity contribution in [3.8, 4) is 11.5 Å². The Morgan fingerprint density at radius 2 is 1.08 bits per heavy atom. The predicted octanol–water partition coefficient (Wildman–Crippen LogP) is 10.1. The first-order chi connectivity index (χ1) is 28.3. The monoisotopic (exact) mass is 904 g/mol. The molecule has 2 aliphatic heterocycles. The van der Waals surface area contributed by atoms with E-state index < -0.39 is 42.5 Å². The molecule has 2 aliphatic rings. The number of thiophene rings is 2. The van der Waals surface area contributed by atoms with E-state index in [1.54, 1.807) is 51.3 Å². The topological polar surface area (TPSA) is 141 Å². The summed E-state index contributed by atoms with van der Waals surface area (Å²) in [6.07, 6.45) is -7.11. The van der Waals surface area contributed by atoms with Gasteiger partial charge in [0, 0.05) is 79.6 Å². The number of hydrogen-bond acceptors (Lipinski definition) is 12. The molecule has 2 amide bonds. The molecule has 0 aliphatic carbocycles. The summed E-state index contributed by atoms with van der Waals surface area (Å²) in [7, 11) is 0. The summed E-state index contributed by atoms with van der Waals surface area (Å²) in [6.45, 7) is 13.6. The van der Waals surface area contributed by atoms with Gasteiger partial charge in [0.1, 0.15) is 44.6 Å². The fourth-order valence-electron chi connectivity index (χ4n) is 6.57. The molecule has 6 heterocycles. The average Bonchev–Trinajstić information content (AvgIpc) is 3.73. The van der Waals surface area contributed by atoms with Crippen LogP contribution in [0.25, 0.3) is 20.4 Å². The van der Waals surface area contributed by atoms with E-state index in [4.69, 9.17) is 18.9 Å². The Labute approximate surface area is 357 Å². The van der Waals surface area contributed by atoms with Gasteiger partial charge in [0.15, 0.2) is 5.78 Å². The lowest BCUT2D eigenvalue weighted by Crippen LogP contribution is -2.44. The first-order valence-electron chi connectivity index (χ1n) is 19.6. The highest BCUT2D eigenvalue weighted by atomic mass is 32.1. The van der Waals surface area contributed by atoms with Crippen molar-refractivity contribution in [1.82, 2.24) is 19.8 Å². The largest absolute Gasteiger partial charge is 0.489 e. The molecule has 0 saturated carbocycles. The Morgan fingerprint density at radius 3 is 1.46 bits per heavy atom. The number of carbonyl (C=O) groups is 3. The maximum absolute atomic E-state index is 12.8. The van der Waals surface area contributed by atoms with E-state index in [0.29, 0.717) is 83.6 Å². The minimum Gasteiger partial charge on any atom is -0.489 e. The summed E-state index contributed by atoms with van der Waals surface area (Å²) in [6, 6.07) is 2.84. The third kappa shape index (κ3) is 13.8. The first kappa shape index (κ1) is 47.6. The highest BCUT2D eigenvalue weighted by Gasteiger charge is 2.33. The van der Waals surface area contributed by atoms with Gasteiger partial charge in [-0.3, -0.25) is 4.79 Å². The van der Waals surface area contributed by atoms with Crippen LogP contribution in [0, 0.1) is 0 Å². The number of ether oxygens (including phenoxy) is 4. The number of ketones is 1. The smallest absolute Gasteiger partial charge is 0.410 e. The van der Waals surface area contributed by atoms with Crippen molar-refractivity contribution in [1.29, 1.82) is 0 Å². The summed E-state index contributed by atoms with van der Waals surface area (Å²) in [4.78, 5) is 49.2. The molecule has 4 aromatic heterocycles. The second-order valence-corrected chi connectivity index (χ2v) is 19.1. The number of alkyl halides is 6. The number of hydrogen-bond donors (Lipinski definition) is 1. The quantitative estimate of drug-likeness (QED) is 0.134. The minimum atomic E-state index is -4.33. The lowest BCUT2D eigenvalue weighted by molar-refractivity contribution is -0.127. The summed E-state index contributed by atoms with van der Waals surface area (Å²) in [5.41, 5.74) is -0.501. The molecule has 2 saturated heterocycles. The van der Waals surface area contributed by atoms with Crippen molar-refractivity contribution in [2.24, 2.45) is 0 Å². The van der Waals surface area contributed by atoms with Gasteiger partial charge < -0.3 is 33.9 Å². The summed E-state index contributed by atoms with van der Waals surface area (Å²) >= 11 is 1.91. The van der Waals surface area contributed by atoms with Gasteiger partial charge in [0.05, 0.1) is 35.8 Å². The van der Waals surface area contributed by atoms with Crippen LogP contribution in [0.2, 0.25) is 0 Å². The fourth-order valence-corrected chi connectivity index (χ4v) is 8.63. The lowest BCUT2D eigenvalue weighted by atomic mass is 10.1. The van der Waals surface area contributed by atoms with Gasteiger partial charge in [-0.1, -0.05) is 0 Å². The van der Waals surface area contributed by atoms with E-state index in [0.717, 1.165) is 22.7 Å². The molecule has 0 unspecified atom stereocenters. The van der Waals surface area contributed by atoms with Crippen LogP contribution in [-0.2, 0) is 28.9 Å². The van der Waals surface area contributed by atoms with Crippen LogP contribution in [0.4, 0.5) is 35.9 Å². The SMILES string of the molecule is CC(=O)c1cnc2sc(CC(F)(F)F)cc2c1OC1CCN(C(=O)OC(C)(C)C)CC1.CC(C)(C)OC(=O)N1CCC(Oc2c(CO)cnc3sc(CC(F)(F)F)cc23)CC1. The third-order valence-electron chi connectivity index (χ3n) is 9.26. The minimum absolute atomic E-state index is 0.111. The molecule has 1 N–H and O–H groups in total. The number of amides is 2. The molecule has 20 heteroatoms. The molecule has 0 atom stereocenters. The molecule has 6 rings (SSSR count). The molecule has 12 nitrogen and oxygen atoms in total. The zero-order valence-electron chi connectivity index (χ0n) is 34.9. The zero-order valence-corrected chi connectivity index (χ0v) is 36.6. The van der Waals surface area contributed by atoms with Gasteiger partial charge in [-0.05, 0) is 60.6 Å². The Hall–Kier alpha value is -4.43. The van der Waals surface area contributed by atoms with Crippen molar-refractivity contribution in [2.75, 3.05) is 26.2 Å². The molecule has 4 aromatic rings. The molecule has 2 fully saturated rings. The molecular weight excluding hydrogens is 855 g/mol. The number of fused-ring (bicyclic) bond motifs is 2. The van der Waals surface area contributed by atoms with Gasteiger partial charge in [0.2, 0.25) is 0 Å². The van der Waals surface area contributed by atoms with E-state index in [-0.39, 0.29) is 51.8 Å². The third-order valence-corrected chi connectivity index (χ3v) is 11.3. The summed E-state index contributed by atoms with van der Waals surface area (Å²) < 4.78 is 99.7. The van der Waals surface area contributed by atoms with Crippen LogP contribution >= 0.6 is 22.7 Å². The number of piperidine rings is 2. The van der Waals surface area contributed by atoms with Crippen molar-refractivity contribution < 1.29 is 64.8 Å². The number of pyridine rings is 2. The van der Waals surface area contributed by atoms with Crippen LogP contribution in [0.3, 0.4) is 0 Å². The van der Waals surface area contributed by atoms with Crippen LogP contribution < -0.4 is 9.47 Å². The van der Waals surface area contributed by atoms with Crippen LogP contribution in [0.15, 0.2) is 24.5 Å². The van der Waals surface area contributed by atoms with Gasteiger partial charge in [-0.25, -0.2) is 19.6 Å². The Morgan fingerprint density at radius 1 is 0.689 bits per heavy atom. The van der Waals surface area contributed by atoms with E-state index in [1.807, 2.05) is 0 Å². The maximum Gasteiger partial charge on any atom is 0.410 e. The molecular formula is C41H50F6N4O8S2. The standard InChI is InChI=1S/C21H25F3N2O4S.C20H25F3N2O4S/c1-12(27)16-11-25-18-15(9-14(31-18)10-21(22,23)24)17(16)29-13-5-7-26(8-6-13)19(28)30-20(2,3)4;1-19(2,3)29-18(27)25-6-4-13(5-7-25)28-16-12(11-26)10-24-17-15(16)8-14(30-17)9-20(21,22)23/h9,11,13H,5-8,10H2,1-4H3;8,10,13,26H,4-7,9,11H2,1-3H3. The number of aliphatic hydroxyl groups excluding tert-OH is 1. The fraction of sp³-hybridized carbons (Fsp3) is 0.585. The van der Waals surface area contributed by atoms with Gasteiger partial charge in [-0.15, -0.1) is 22.7 Å². The van der Waals surface area contributed by atoms with E-state index in [9.17, 15) is 45.8 Å². The maximum atomic E-state index is 12.8. The molecule has 61 heavy (non-hydrogen) atoms. The van der Waals surface area contributed by atoms with Crippen molar-refractivity contribution in [3.63, 3.8) is 0 Å². The normalized spacial score (nSPS) is 16.0. The second-order valence-electron chi connectivity index (χ2n) is 16.8. The number of halogens is 6. The molecule has 0 radical (unpaired) electrons. The van der Waals surface area contributed by atoms with Crippen molar-refractivity contribution >= 4 is 61.1 Å². The highest BCUT2D eigenvalue weighted by molar-refractivity contribution is 7.19. The number of likely N-dealkylation sites (tertiary alicyclic amines) is 2. The Kier molecular flexibility index (Phi) is 14.8. The number of aromatic nitrogens is 2. The van der Waals surface area contributed by atoms with Crippen molar-refractivity contribution in [2.45, 2.75) is 129 Å². The number of aliphatic hydroxyl groups is 1. The molecule has 336 valence electrons. The number of nitrogens with zero attached hydrogens (tertiary/aromatic N) is 4. The molecule has 0 aromatic carbocycles. The second kappa shape index (κ2) is 18.9. The molecule has 0 spiro atoms. The first-order valence-corrected chi connectivity index (χ1v) is 21.3. The Bertz CT molecular complexity index is 2180. The van der Waals surface area contributed by atoms with E-state index in [2.05, 4.69) is 9.97 Å². The zero-order chi connectivity index (χ0) is 45.1. The van der Waals surface area contributed by atoms with Crippen LogP contribution in [-0.4, -0.2) is 105 Å².